The Bertz CT molecular complexity index is 1890. The van der Waals surface area contributed by atoms with E-state index in [1.165, 1.54) is 0 Å². The van der Waals surface area contributed by atoms with Crippen LogP contribution in [-0.2, 0) is 26.8 Å². The molecule has 0 unspecified atom stereocenters. The summed E-state index contributed by atoms with van der Waals surface area (Å²) in [7, 11) is -8.56. The minimum atomic E-state index is -4.29. The van der Waals surface area contributed by atoms with Crippen molar-refractivity contribution in [2.24, 2.45) is 0 Å². The summed E-state index contributed by atoms with van der Waals surface area (Å²) in [5.41, 5.74) is 4.13. The molecular weight excluding hydrogens is 760 g/mol. The molecular formula is C29H27Br2N2O6S4-. The zero-order chi connectivity index (χ0) is 30.8. The van der Waals surface area contributed by atoms with Crippen LogP contribution in [0.25, 0.3) is 27.4 Å². The molecule has 0 saturated carbocycles. The van der Waals surface area contributed by atoms with Gasteiger partial charge in [-0.15, -0.1) is 0 Å². The third-order valence-corrected chi connectivity index (χ3v) is 11.7. The summed E-state index contributed by atoms with van der Waals surface area (Å²) in [6.45, 7) is 1.07. The molecule has 0 bridgehead atoms. The molecule has 3 aromatic carbocycles. The van der Waals surface area contributed by atoms with Crippen LogP contribution < -0.4 is 9.47 Å². The molecule has 0 atom stereocenters. The minimum absolute atomic E-state index is 0.265. The third kappa shape index (κ3) is 8.69. The highest BCUT2D eigenvalue weighted by Gasteiger charge is 2.28. The quantitative estimate of drug-likeness (QED) is 0.0861. The highest BCUT2D eigenvalue weighted by Crippen LogP contribution is 2.48. The predicted octanol–water partition coefficient (Wildman–Crippen LogP) is 6.94. The SMILES string of the molecule is O=S(=O)([O-])CCCCN1/C(=C/c2sc3ccc(-c4ccc(Br)cc4)cc3[n+]2CCCCS(=O)(=O)[O-])Sc2ccc(Br)cc21. The van der Waals surface area contributed by atoms with Gasteiger partial charge in [0.2, 0.25) is 5.52 Å². The fourth-order valence-electron chi connectivity index (χ4n) is 4.88. The first-order valence-corrected chi connectivity index (χ1v) is 19.8. The average molecular weight is 788 g/mol. The first-order valence-electron chi connectivity index (χ1n) is 13.4. The number of halogens is 2. The molecule has 14 heteroatoms. The van der Waals surface area contributed by atoms with E-state index in [2.05, 4.69) is 65.6 Å². The molecule has 228 valence electrons. The second-order valence-electron chi connectivity index (χ2n) is 10.1. The molecule has 0 amide bonds. The van der Waals surface area contributed by atoms with E-state index >= 15 is 0 Å². The van der Waals surface area contributed by atoms with Crippen molar-refractivity contribution in [3.8, 4) is 11.1 Å². The van der Waals surface area contributed by atoms with Gasteiger partial charge in [-0.25, -0.2) is 16.8 Å². The predicted molar refractivity (Wildman–Crippen MR) is 178 cm³/mol. The van der Waals surface area contributed by atoms with Crippen molar-refractivity contribution in [1.29, 1.82) is 0 Å². The van der Waals surface area contributed by atoms with Crippen LogP contribution in [0.2, 0.25) is 0 Å². The summed E-state index contributed by atoms with van der Waals surface area (Å²) in [4.78, 5) is 3.21. The Kier molecular flexibility index (Phi) is 10.4. The number of thiazole rings is 1. The monoisotopic (exact) mass is 785 g/mol. The normalized spacial score (nSPS) is 14.6. The van der Waals surface area contributed by atoms with Crippen LogP contribution >= 0.6 is 55.0 Å². The van der Waals surface area contributed by atoms with E-state index < -0.39 is 31.7 Å². The number of benzene rings is 3. The highest BCUT2D eigenvalue weighted by molar-refractivity contribution is 9.10. The summed E-state index contributed by atoms with van der Waals surface area (Å²) in [5, 5.41) is 1.93. The molecule has 0 radical (unpaired) electrons. The number of rotatable bonds is 12. The number of nitrogens with zero attached hydrogens (tertiary/aromatic N) is 2. The maximum Gasteiger partial charge on any atom is 0.265 e. The molecule has 8 nitrogen and oxygen atoms in total. The van der Waals surface area contributed by atoms with Gasteiger partial charge < -0.3 is 14.0 Å². The Labute approximate surface area is 276 Å². The molecule has 0 N–H and O–H groups in total. The number of aromatic nitrogens is 1. The smallest absolute Gasteiger partial charge is 0.265 e. The average Bonchev–Trinajstić information content (AvgIpc) is 3.44. The van der Waals surface area contributed by atoms with Crippen molar-refractivity contribution < 1.29 is 30.5 Å². The van der Waals surface area contributed by atoms with E-state index in [-0.39, 0.29) is 12.8 Å². The summed E-state index contributed by atoms with van der Waals surface area (Å²) in [6, 6.07) is 20.4. The Balaban J connectivity index is 1.52. The van der Waals surface area contributed by atoms with Gasteiger partial charge in [-0.2, -0.15) is 4.57 Å². The molecule has 1 aliphatic rings. The summed E-state index contributed by atoms with van der Waals surface area (Å²) < 4.78 is 72.3. The first-order chi connectivity index (χ1) is 20.4. The minimum Gasteiger partial charge on any atom is -0.748 e. The van der Waals surface area contributed by atoms with Gasteiger partial charge in [-0.05, 0) is 66.8 Å². The fraction of sp³-hybridized carbons (Fsp3) is 0.276. The first kappa shape index (κ1) is 32.6. The molecule has 5 rings (SSSR count). The van der Waals surface area contributed by atoms with Gasteiger partial charge in [0.15, 0.2) is 6.54 Å². The van der Waals surface area contributed by atoms with Crippen molar-refractivity contribution in [1.82, 2.24) is 0 Å². The number of aryl methyl sites for hydroxylation is 1. The molecule has 0 fully saturated rings. The van der Waals surface area contributed by atoms with E-state index in [9.17, 15) is 25.9 Å². The van der Waals surface area contributed by atoms with Crippen LogP contribution in [0.4, 0.5) is 5.69 Å². The van der Waals surface area contributed by atoms with Crippen LogP contribution in [0.15, 0.2) is 79.5 Å². The highest BCUT2D eigenvalue weighted by atomic mass is 79.9. The van der Waals surface area contributed by atoms with Crippen molar-refractivity contribution in [2.75, 3.05) is 23.0 Å². The molecule has 2 heterocycles. The number of unbranched alkanes of at least 4 members (excludes halogenated alkanes) is 2. The molecule has 1 aliphatic heterocycles. The fourth-order valence-corrected chi connectivity index (χ4v) is 8.89. The van der Waals surface area contributed by atoms with Crippen LogP contribution in [0.3, 0.4) is 0 Å². The number of fused-ring (bicyclic) bond motifs is 2. The van der Waals surface area contributed by atoms with E-state index in [0.29, 0.717) is 25.9 Å². The second kappa shape index (κ2) is 13.7. The molecule has 4 aromatic rings. The van der Waals surface area contributed by atoms with Crippen molar-refractivity contribution >= 4 is 97.2 Å². The van der Waals surface area contributed by atoms with Gasteiger partial charge in [-0.3, -0.25) is 0 Å². The van der Waals surface area contributed by atoms with Crippen molar-refractivity contribution in [3.05, 3.63) is 79.6 Å². The van der Waals surface area contributed by atoms with Gasteiger partial charge in [0.25, 0.3) is 5.01 Å². The van der Waals surface area contributed by atoms with E-state index in [1.54, 1.807) is 23.1 Å². The van der Waals surface area contributed by atoms with E-state index in [4.69, 9.17) is 0 Å². The Hall–Kier alpha value is -1.78. The third-order valence-electron chi connectivity index (χ3n) is 6.90. The maximum absolute atomic E-state index is 11.2. The number of anilines is 1. The van der Waals surface area contributed by atoms with Gasteiger partial charge >= 0.3 is 0 Å². The zero-order valence-electron chi connectivity index (χ0n) is 22.7. The summed E-state index contributed by atoms with van der Waals surface area (Å²) in [6.07, 6.45) is 3.69. The topological polar surface area (TPSA) is 122 Å². The van der Waals surface area contributed by atoms with Gasteiger partial charge in [-0.1, -0.05) is 73.2 Å². The molecule has 43 heavy (non-hydrogen) atoms. The van der Waals surface area contributed by atoms with Gasteiger partial charge in [0.05, 0.1) is 37.0 Å². The van der Waals surface area contributed by atoms with Crippen LogP contribution in [0.5, 0.6) is 0 Å². The van der Waals surface area contributed by atoms with Crippen LogP contribution in [0, 0.1) is 0 Å². The number of hydrogen-bond acceptors (Lipinski definition) is 9. The van der Waals surface area contributed by atoms with Crippen molar-refractivity contribution in [2.45, 2.75) is 37.1 Å². The Morgan fingerprint density at radius 3 is 2.14 bits per heavy atom. The second-order valence-corrected chi connectivity index (χ2v) is 17.1. The van der Waals surface area contributed by atoms with Crippen LogP contribution in [-0.4, -0.2) is 44.0 Å². The molecule has 1 aromatic heterocycles. The lowest BCUT2D eigenvalue weighted by molar-refractivity contribution is -0.669. The van der Waals surface area contributed by atoms with Crippen LogP contribution in [0.1, 0.15) is 30.7 Å². The lowest BCUT2D eigenvalue weighted by atomic mass is 10.1. The zero-order valence-corrected chi connectivity index (χ0v) is 29.2. The standard InChI is InChI=1S/C29H28Br2N2O6S4/c30-22-8-5-20(6-9-22)21-7-11-26-24(17-21)32(13-1-3-15-42(34,35)36)28(40-26)19-29-33(14-2-4-16-43(37,38)39)25-18-23(31)10-12-27(25)41-29/h5-12,17-19H,1-4,13-16H2,(H-,34,35,36,37,38,39)/p-1. The Morgan fingerprint density at radius 1 is 0.791 bits per heavy atom. The van der Waals surface area contributed by atoms with Gasteiger partial charge in [0, 0.05) is 44.4 Å². The maximum atomic E-state index is 11.2. The van der Waals surface area contributed by atoms with E-state index in [1.807, 2.05) is 42.5 Å². The lowest BCUT2D eigenvalue weighted by Gasteiger charge is -2.20. The molecule has 0 saturated heterocycles. The Morgan fingerprint density at radius 2 is 1.44 bits per heavy atom. The molecule has 0 aliphatic carbocycles. The molecule has 0 spiro atoms. The number of hydrogen-bond donors (Lipinski definition) is 0. The van der Waals surface area contributed by atoms with Gasteiger partial charge in [0.1, 0.15) is 4.70 Å². The van der Waals surface area contributed by atoms with E-state index in [0.717, 1.165) is 50.9 Å². The number of thioether (sulfide) groups is 1. The largest absolute Gasteiger partial charge is 0.748 e. The lowest BCUT2D eigenvalue weighted by Crippen LogP contribution is -2.35. The van der Waals surface area contributed by atoms with Crippen molar-refractivity contribution in [3.63, 3.8) is 0 Å². The summed E-state index contributed by atoms with van der Waals surface area (Å²) >= 11 is 10.3. The summed E-state index contributed by atoms with van der Waals surface area (Å²) in [5.74, 6) is -0.794.